The van der Waals surface area contributed by atoms with Gasteiger partial charge in [0.25, 0.3) is 5.91 Å². The van der Waals surface area contributed by atoms with Crippen molar-refractivity contribution in [2.75, 3.05) is 32.0 Å². The van der Waals surface area contributed by atoms with E-state index in [1.54, 1.807) is 6.07 Å². The van der Waals surface area contributed by atoms with Crippen molar-refractivity contribution in [3.8, 4) is 0 Å². The smallest absolute Gasteiger partial charge is 0.266 e. The molecule has 0 atom stereocenters. The third kappa shape index (κ3) is 2.65. The molecule has 0 radical (unpaired) electrons. The molecule has 0 saturated heterocycles. The van der Waals surface area contributed by atoms with Crippen LogP contribution in [0.4, 0.5) is 5.69 Å². The van der Waals surface area contributed by atoms with Gasteiger partial charge in [0.2, 0.25) is 0 Å². The number of hydrogen-bond acceptors (Lipinski definition) is 7. The van der Waals surface area contributed by atoms with Crippen molar-refractivity contribution in [3.63, 3.8) is 0 Å². The number of aromatic nitrogens is 2. The summed E-state index contributed by atoms with van der Waals surface area (Å²) in [5.74, 6) is -0.316. The molecule has 2 aromatic heterocycles. The van der Waals surface area contributed by atoms with E-state index in [4.69, 9.17) is 15.9 Å². The van der Waals surface area contributed by atoms with Gasteiger partial charge in [0, 0.05) is 18.5 Å². The first kappa shape index (κ1) is 13.7. The minimum atomic E-state index is -0.316. The van der Waals surface area contributed by atoms with Gasteiger partial charge in [-0.05, 0) is 6.07 Å². The molecule has 4 N–H and O–H groups in total. The summed E-state index contributed by atoms with van der Waals surface area (Å²) in [6, 6.07) is 1.70. The second kappa shape index (κ2) is 5.91. The fourth-order valence-electron chi connectivity index (χ4n) is 1.73. The molecule has 0 bridgehead atoms. The lowest BCUT2D eigenvalue weighted by atomic mass is 10.2. The van der Waals surface area contributed by atoms with E-state index in [0.29, 0.717) is 20.8 Å². The van der Waals surface area contributed by atoms with Gasteiger partial charge in [-0.15, -0.1) is 16.4 Å². The highest BCUT2D eigenvalue weighted by atomic mass is 32.1. The zero-order valence-electron chi connectivity index (χ0n) is 10.1. The Morgan fingerprint density at radius 2 is 2.05 bits per heavy atom. The highest BCUT2D eigenvalue weighted by Crippen LogP contribution is 2.32. The van der Waals surface area contributed by atoms with E-state index in [-0.39, 0.29) is 32.2 Å². The molecule has 7 nitrogen and oxygen atoms in total. The average Bonchev–Trinajstić information content (AvgIpc) is 2.76. The molecule has 2 aromatic rings. The summed E-state index contributed by atoms with van der Waals surface area (Å²) < 4.78 is 0. The highest BCUT2D eigenvalue weighted by molar-refractivity contribution is 7.21. The molecule has 1 amide bonds. The quantitative estimate of drug-likeness (QED) is 0.694. The van der Waals surface area contributed by atoms with Crippen molar-refractivity contribution in [1.29, 1.82) is 0 Å². The zero-order chi connectivity index (χ0) is 13.8. The molecular formula is C11H14N4O3S. The predicted octanol–water partition coefficient (Wildman–Crippen LogP) is -0.300. The Labute approximate surface area is 113 Å². The summed E-state index contributed by atoms with van der Waals surface area (Å²) in [7, 11) is 0. The first-order valence-corrected chi connectivity index (χ1v) is 6.51. The summed E-state index contributed by atoms with van der Waals surface area (Å²) >= 11 is 1.16. The Morgan fingerprint density at radius 3 is 2.63 bits per heavy atom. The van der Waals surface area contributed by atoms with Crippen molar-refractivity contribution in [1.82, 2.24) is 15.1 Å². The zero-order valence-corrected chi connectivity index (χ0v) is 10.9. The standard InChI is InChI=1S/C11H14N4O3S/c12-8-7-1-2-13-14-10(7)19-9(8)11(18)15(3-5-16)4-6-17/h1-2,16-17H,3-6,12H2. The SMILES string of the molecule is Nc1c(C(=O)N(CCO)CCO)sc2nnccc12. The highest BCUT2D eigenvalue weighted by Gasteiger charge is 2.22. The number of aliphatic hydroxyl groups is 2. The third-order valence-corrected chi connectivity index (χ3v) is 3.74. The maximum atomic E-state index is 12.3. The largest absolute Gasteiger partial charge is 0.397 e. The molecule has 102 valence electrons. The summed E-state index contributed by atoms with van der Waals surface area (Å²) in [5.41, 5.74) is 6.30. The summed E-state index contributed by atoms with van der Waals surface area (Å²) in [6.07, 6.45) is 1.51. The van der Waals surface area contributed by atoms with Gasteiger partial charge in [-0.2, -0.15) is 5.10 Å². The minimum Gasteiger partial charge on any atom is -0.397 e. The second-order valence-electron chi connectivity index (χ2n) is 3.83. The van der Waals surface area contributed by atoms with Gasteiger partial charge in [0.1, 0.15) is 9.71 Å². The fourth-order valence-corrected chi connectivity index (χ4v) is 2.74. The Bertz CT molecular complexity index is 580. The number of aliphatic hydroxyl groups excluding tert-OH is 2. The molecule has 0 spiro atoms. The Hall–Kier alpha value is -1.77. The maximum Gasteiger partial charge on any atom is 0.266 e. The van der Waals surface area contributed by atoms with Crippen molar-refractivity contribution in [2.45, 2.75) is 0 Å². The molecule has 0 aromatic carbocycles. The molecule has 8 heteroatoms. The number of rotatable bonds is 5. The van der Waals surface area contributed by atoms with E-state index in [1.165, 1.54) is 11.1 Å². The number of nitrogen functional groups attached to an aromatic ring is 1. The average molecular weight is 282 g/mol. The van der Waals surface area contributed by atoms with Crippen LogP contribution < -0.4 is 5.73 Å². The Morgan fingerprint density at radius 1 is 1.37 bits per heavy atom. The van der Waals surface area contributed by atoms with Crippen LogP contribution in [0.3, 0.4) is 0 Å². The van der Waals surface area contributed by atoms with Crippen LogP contribution in [-0.4, -0.2) is 57.5 Å². The van der Waals surface area contributed by atoms with Crippen LogP contribution in [0.5, 0.6) is 0 Å². The molecule has 0 aliphatic rings. The van der Waals surface area contributed by atoms with Gasteiger partial charge < -0.3 is 20.8 Å². The predicted molar refractivity (Wildman–Crippen MR) is 71.9 cm³/mol. The first-order chi connectivity index (χ1) is 9.19. The van der Waals surface area contributed by atoms with E-state index in [1.807, 2.05) is 0 Å². The number of carbonyl (C=O) groups excluding carboxylic acids is 1. The number of anilines is 1. The molecular weight excluding hydrogens is 268 g/mol. The lowest BCUT2D eigenvalue weighted by Crippen LogP contribution is -2.35. The van der Waals surface area contributed by atoms with E-state index < -0.39 is 0 Å². The first-order valence-electron chi connectivity index (χ1n) is 5.69. The lowest BCUT2D eigenvalue weighted by molar-refractivity contribution is 0.0690. The molecule has 0 saturated carbocycles. The van der Waals surface area contributed by atoms with Gasteiger partial charge >= 0.3 is 0 Å². The topological polar surface area (TPSA) is 113 Å². The van der Waals surface area contributed by atoms with Crippen LogP contribution in [0.1, 0.15) is 9.67 Å². The lowest BCUT2D eigenvalue weighted by Gasteiger charge is -2.19. The van der Waals surface area contributed by atoms with Crippen molar-refractivity contribution < 1.29 is 15.0 Å². The van der Waals surface area contributed by atoms with Crippen LogP contribution in [-0.2, 0) is 0 Å². The summed E-state index contributed by atoms with van der Waals surface area (Å²) in [5, 5.41) is 26.2. The van der Waals surface area contributed by atoms with Gasteiger partial charge in [0.15, 0.2) is 0 Å². The van der Waals surface area contributed by atoms with Gasteiger partial charge in [-0.1, -0.05) is 0 Å². The van der Waals surface area contributed by atoms with Gasteiger partial charge in [0.05, 0.1) is 25.1 Å². The van der Waals surface area contributed by atoms with Gasteiger partial charge in [-0.25, -0.2) is 0 Å². The summed E-state index contributed by atoms with van der Waals surface area (Å²) in [6.45, 7) is -0.0375. The number of hydrogen-bond donors (Lipinski definition) is 3. The van der Waals surface area contributed by atoms with Crippen LogP contribution >= 0.6 is 11.3 Å². The monoisotopic (exact) mass is 282 g/mol. The van der Waals surface area contributed by atoms with E-state index in [2.05, 4.69) is 10.2 Å². The number of fused-ring (bicyclic) bond motifs is 1. The Balaban J connectivity index is 2.37. The molecule has 0 aliphatic heterocycles. The molecule has 19 heavy (non-hydrogen) atoms. The molecule has 0 aliphatic carbocycles. The van der Waals surface area contributed by atoms with Gasteiger partial charge in [-0.3, -0.25) is 4.79 Å². The van der Waals surface area contributed by atoms with Crippen LogP contribution in [0, 0.1) is 0 Å². The molecule has 2 rings (SSSR count). The normalized spacial score (nSPS) is 10.8. The molecule has 0 unspecified atom stereocenters. The third-order valence-electron chi connectivity index (χ3n) is 2.64. The summed E-state index contributed by atoms with van der Waals surface area (Å²) in [4.78, 5) is 14.6. The van der Waals surface area contributed by atoms with Crippen molar-refractivity contribution in [3.05, 3.63) is 17.1 Å². The fraction of sp³-hybridized carbons (Fsp3) is 0.364. The maximum absolute atomic E-state index is 12.3. The van der Waals surface area contributed by atoms with Crippen molar-refractivity contribution >= 4 is 33.1 Å². The van der Waals surface area contributed by atoms with E-state index in [0.717, 1.165) is 11.3 Å². The number of amides is 1. The van der Waals surface area contributed by atoms with Crippen LogP contribution in [0.25, 0.3) is 10.2 Å². The minimum absolute atomic E-state index is 0.152. The van der Waals surface area contributed by atoms with Crippen molar-refractivity contribution in [2.24, 2.45) is 0 Å². The van der Waals surface area contributed by atoms with E-state index >= 15 is 0 Å². The molecule has 2 heterocycles. The molecule has 0 fully saturated rings. The van der Waals surface area contributed by atoms with E-state index in [9.17, 15) is 4.79 Å². The second-order valence-corrected chi connectivity index (χ2v) is 4.83. The number of thiophene rings is 1. The number of carbonyl (C=O) groups is 1. The number of nitrogens with two attached hydrogens (primary N) is 1. The number of nitrogens with zero attached hydrogens (tertiary/aromatic N) is 3. The Kier molecular flexibility index (Phi) is 4.25. The van der Waals surface area contributed by atoms with Crippen LogP contribution in [0.2, 0.25) is 0 Å². The van der Waals surface area contributed by atoms with Crippen LogP contribution in [0.15, 0.2) is 12.3 Å².